The van der Waals surface area contributed by atoms with Crippen molar-refractivity contribution in [3.8, 4) is 0 Å². The lowest BCUT2D eigenvalue weighted by atomic mass is 10.1. The van der Waals surface area contributed by atoms with Crippen molar-refractivity contribution in [2.75, 3.05) is 13.2 Å². The summed E-state index contributed by atoms with van der Waals surface area (Å²) in [7, 11) is 0. The number of carbonyl (C=O) groups excluding carboxylic acids is 3. The second kappa shape index (κ2) is 65.8. The summed E-state index contributed by atoms with van der Waals surface area (Å²) in [6.07, 6.45) is 94.2. The van der Waals surface area contributed by atoms with Crippen molar-refractivity contribution in [2.24, 2.45) is 0 Å². The van der Waals surface area contributed by atoms with Gasteiger partial charge in [-0.2, -0.15) is 0 Å². The van der Waals surface area contributed by atoms with Gasteiger partial charge in [0.05, 0.1) is 0 Å². The highest BCUT2D eigenvalue weighted by Gasteiger charge is 2.19. The fraction of sp³-hybridized carbons (Fsp3) is 0.630. The zero-order valence-electron chi connectivity index (χ0n) is 51.1. The fourth-order valence-electron chi connectivity index (χ4n) is 8.50. The van der Waals surface area contributed by atoms with E-state index in [1.807, 2.05) is 0 Å². The smallest absolute Gasteiger partial charge is 0.306 e. The van der Waals surface area contributed by atoms with E-state index >= 15 is 0 Å². The molecule has 0 aliphatic heterocycles. The van der Waals surface area contributed by atoms with Gasteiger partial charge in [0.1, 0.15) is 13.2 Å². The molecule has 0 aromatic carbocycles. The SMILES string of the molecule is CC/C=C\C/C=C\C/C=C\C/C=C\C/C=C\C/C=C\C/C=C\C/C=C\C/C=C\CCCCCC(=O)OCC(COC(=O)CCCCCCCCCCCCC)OC(=O)CCCCCCCC/C=C\C/C=C\C/C=C\CCCCC. The Balaban J connectivity index is 4.39. The molecule has 0 spiro atoms. The van der Waals surface area contributed by atoms with E-state index < -0.39 is 6.10 Å². The van der Waals surface area contributed by atoms with Gasteiger partial charge in [-0.15, -0.1) is 0 Å². The van der Waals surface area contributed by atoms with Gasteiger partial charge in [-0.3, -0.25) is 14.4 Å². The molecule has 1 unspecified atom stereocenters. The van der Waals surface area contributed by atoms with Crippen LogP contribution in [0.5, 0.6) is 0 Å². The molecule has 446 valence electrons. The standard InChI is InChI=1S/C73H118O6/c1-4-7-10-13-16-19-22-24-26-28-30-31-32-33-34-35-36-37-38-39-40-41-43-44-46-48-51-54-57-60-63-66-72(75)78-69-70(68-77-71(74)65-62-59-56-53-50-21-18-15-12-9-6-3)79-73(76)67-64-61-58-55-52-49-47-45-42-29-27-25-23-20-17-14-11-8-5-2/h7,10,16-17,19-20,24-27,30-31,33-34,36-37,39-40,42-45,48,51,70H,4-6,8-9,11-15,18,21-23,28-29,32,35,38,41,46-47,49-50,52-69H2,1-3H3/b10-7-,19-16-,20-17-,26-24-,27-25-,31-30-,34-33-,37-36-,40-39-,44-43-,45-42-,51-48-. The molecule has 0 amide bonds. The number of allylic oxidation sites excluding steroid dienone is 24. The van der Waals surface area contributed by atoms with Gasteiger partial charge in [-0.25, -0.2) is 0 Å². The Morgan fingerprint density at radius 3 is 0.810 bits per heavy atom. The Hall–Kier alpha value is -4.71. The summed E-state index contributed by atoms with van der Waals surface area (Å²) in [6.45, 7) is 6.45. The highest BCUT2D eigenvalue weighted by molar-refractivity contribution is 5.71. The molecule has 0 radical (unpaired) electrons. The molecular formula is C73H118O6. The molecule has 1 atom stereocenters. The quantitative estimate of drug-likeness (QED) is 0.0261. The third-order valence-electron chi connectivity index (χ3n) is 13.3. The van der Waals surface area contributed by atoms with Crippen LogP contribution < -0.4 is 0 Å². The zero-order valence-corrected chi connectivity index (χ0v) is 51.1. The predicted molar refractivity (Wildman–Crippen MR) is 343 cm³/mol. The molecular weight excluding hydrogens is 973 g/mol. The maximum absolute atomic E-state index is 12.9. The van der Waals surface area contributed by atoms with Crippen molar-refractivity contribution in [1.82, 2.24) is 0 Å². The third kappa shape index (κ3) is 64.0. The average molecular weight is 1090 g/mol. The number of hydrogen-bond acceptors (Lipinski definition) is 6. The highest BCUT2D eigenvalue weighted by Crippen LogP contribution is 2.15. The average Bonchev–Trinajstić information content (AvgIpc) is 3.45. The normalized spacial score (nSPS) is 13.1. The van der Waals surface area contributed by atoms with Crippen LogP contribution in [0.15, 0.2) is 146 Å². The molecule has 0 aliphatic rings. The van der Waals surface area contributed by atoms with Crippen molar-refractivity contribution in [2.45, 2.75) is 284 Å². The van der Waals surface area contributed by atoms with E-state index in [2.05, 4.69) is 167 Å². The summed E-state index contributed by atoms with van der Waals surface area (Å²) >= 11 is 0. The van der Waals surface area contributed by atoms with Gasteiger partial charge < -0.3 is 14.2 Å². The number of ether oxygens (including phenoxy) is 3. The van der Waals surface area contributed by atoms with Gasteiger partial charge in [0, 0.05) is 19.3 Å². The van der Waals surface area contributed by atoms with Crippen molar-refractivity contribution in [3.05, 3.63) is 146 Å². The number of unbranched alkanes of at least 4 members (excludes halogenated alkanes) is 22. The first-order chi connectivity index (χ1) is 39.0. The molecule has 79 heavy (non-hydrogen) atoms. The summed E-state index contributed by atoms with van der Waals surface area (Å²) in [5.41, 5.74) is 0. The Kier molecular flexibility index (Phi) is 61.9. The van der Waals surface area contributed by atoms with E-state index in [0.29, 0.717) is 19.3 Å². The topological polar surface area (TPSA) is 78.9 Å². The van der Waals surface area contributed by atoms with E-state index in [1.165, 1.54) is 89.9 Å². The molecule has 0 saturated carbocycles. The summed E-state index contributed by atoms with van der Waals surface area (Å²) in [4.78, 5) is 38.2. The second-order valence-corrected chi connectivity index (χ2v) is 20.9. The summed E-state index contributed by atoms with van der Waals surface area (Å²) in [6, 6.07) is 0. The predicted octanol–water partition coefficient (Wildman–Crippen LogP) is 22.3. The molecule has 0 saturated heterocycles. The first-order valence-corrected chi connectivity index (χ1v) is 32.3. The van der Waals surface area contributed by atoms with Gasteiger partial charge >= 0.3 is 17.9 Å². The minimum absolute atomic E-state index is 0.0968. The summed E-state index contributed by atoms with van der Waals surface area (Å²) < 4.78 is 16.9. The molecule has 0 bridgehead atoms. The Labute approximate surface area is 487 Å². The number of esters is 3. The monoisotopic (exact) mass is 1090 g/mol. The van der Waals surface area contributed by atoms with Crippen LogP contribution >= 0.6 is 0 Å². The van der Waals surface area contributed by atoms with Crippen LogP contribution in [0.4, 0.5) is 0 Å². The first kappa shape index (κ1) is 74.3. The van der Waals surface area contributed by atoms with Crippen LogP contribution in [-0.4, -0.2) is 37.2 Å². The van der Waals surface area contributed by atoms with Gasteiger partial charge in [-0.05, 0) is 128 Å². The lowest BCUT2D eigenvalue weighted by Crippen LogP contribution is -2.30. The van der Waals surface area contributed by atoms with Gasteiger partial charge in [0.25, 0.3) is 0 Å². The molecule has 0 fully saturated rings. The molecule has 0 aromatic heterocycles. The van der Waals surface area contributed by atoms with Crippen molar-refractivity contribution >= 4 is 17.9 Å². The summed E-state index contributed by atoms with van der Waals surface area (Å²) in [5, 5.41) is 0. The molecule has 0 rings (SSSR count). The highest BCUT2D eigenvalue weighted by atomic mass is 16.6. The maximum Gasteiger partial charge on any atom is 0.306 e. The zero-order chi connectivity index (χ0) is 57.1. The van der Waals surface area contributed by atoms with E-state index in [4.69, 9.17) is 14.2 Å². The Bertz CT molecular complexity index is 1730. The van der Waals surface area contributed by atoms with E-state index in [9.17, 15) is 14.4 Å². The number of carbonyl (C=O) groups is 3. The van der Waals surface area contributed by atoms with Crippen LogP contribution in [-0.2, 0) is 28.6 Å². The maximum atomic E-state index is 12.9. The van der Waals surface area contributed by atoms with Gasteiger partial charge in [-0.1, -0.05) is 276 Å². The van der Waals surface area contributed by atoms with E-state index in [1.54, 1.807) is 0 Å². The molecule has 0 aliphatic carbocycles. The number of rotatable bonds is 57. The molecule has 6 nitrogen and oxygen atoms in total. The summed E-state index contributed by atoms with van der Waals surface area (Å²) in [5.74, 6) is -0.945. The number of hydrogen-bond donors (Lipinski definition) is 0. The molecule has 0 heterocycles. The van der Waals surface area contributed by atoms with Crippen molar-refractivity contribution in [1.29, 1.82) is 0 Å². The van der Waals surface area contributed by atoms with Crippen molar-refractivity contribution < 1.29 is 28.6 Å². The minimum atomic E-state index is -0.804. The van der Waals surface area contributed by atoms with Crippen LogP contribution in [0.25, 0.3) is 0 Å². The Morgan fingerprint density at radius 2 is 0.494 bits per heavy atom. The van der Waals surface area contributed by atoms with Gasteiger partial charge in [0.2, 0.25) is 0 Å². The Morgan fingerprint density at radius 1 is 0.266 bits per heavy atom. The molecule has 0 aromatic rings. The molecule has 0 N–H and O–H groups in total. The second-order valence-electron chi connectivity index (χ2n) is 20.9. The van der Waals surface area contributed by atoms with Crippen LogP contribution in [0.2, 0.25) is 0 Å². The fourth-order valence-corrected chi connectivity index (χ4v) is 8.50. The largest absolute Gasteiger partial charge is 0.462 e. The van der Waals surface area contributed by atoms with E-state index in [-0.39, 0.29) is 31.1 Å². The lowest BCUT2D eigenvalue weighted by Gasteiger charge is -2.18. The van der Waals surface area contributed by atoms with Crippen LogP contribution in [0, 0.1) is 0 Å². The first-order valence-electron chi connectivity index (χ1n) is 32.3. The molecule has 6 heteroatoms. The van der Waals surface area contributed by atoms with Crippen LogP contribution in [0.3, 0.4) is 0 Å². The van der Waals surface area contributed by atoms with Crippen LogP contribution in [0.1, 0.15) is 278 Å². The van der Waals surface area contributed by atoms with E-state index in [0.717, 1.165) is 148 Å². The third-order valence-corrected chi connectivity index (χ3v) is 13.3. The lowest BCUT2D eigenvalue weighted by molar-refractivity contribution is -0.167. The minimum Gasteiger partial charge on any atom is -0.462 e. The van der Waals surface area contributed by atoms with Crippen molar-refractivity contribution in [3.63, 3.8) is 0 Å². The van der Waals surface area contributed by atoms with Gasteiger partial charge in [0.15, 0.2) is 6.10 Å².